The Morgan fingerprint density at radius 3 is 3.07 bits per heavy atom. The van der Waals surface area contributed by atoms with Crippen LogP contribution in [-0.4, -0.2) is 25.6 Å². The highest BCUT2D eigenvalue weighted by Crippen LogP contribution is 2.23. The van der Waals surface area contributed by atoms with Crippen molar-refractivity contribution >= 4 is 5.97 Å². The Morgan fingerprint density at radius 2 is 2.40 bits per heavy atom. The Kier molecular flexibility index (Phi) is 2.29. The molecule has 5 nitrogen and oxygen atoms in total. The highest BCUT2D eigenvalue weighted by molar-refractivity contribution is 5.95. The van der Waals surface area contributed by atoms with Crippen LogP contribution in [-0.2, 0) is 6.54 Å². The summed E-state index contributed by atoms with van der Waals surface area (Å²) in [5.74, 6) is -0.935. The van der Waals surface area contributed by atoms with Crippen molar-refractivity contribution in [2.45, 2.75) is 13.5 Å². The molecule has 2 aromatic heterocycles. The normalized spacial score (nSPS) is 10.5. The maximum Gasteiger partial charge on any atom is 0.337 e. The van der Waals surface area contributed by atoms with Crippen molar-refractivity contribution in [2.75, 3.05) is 0 Å². The summed E-state index contributed by atoms with van der Waals surface area (Å²) in [5.41, 5.74) is 1.75. The lowest BCUT2D eigenvalue weighted by Gasteiger charge is -2.03. The van der Waals surface area contributed by atoms with E-state index in [-0.39, 0.29) is 5.56 Å². The third-order valence-electron chi connectivity index (χ3n) is 2.30. The Labute approximate surface area is 86.4 Å². The maximum atomic E-state index is 10.9. The number of imidazole rings is 1. The first-order chi connectivity index (χ1) is 7.24. The number of carboxylic acids is 1. The van der Waals surface area contributed by atoms with Gasteiger partial charge in [0.05, 0.1) is 23.8 Å². The Bertz CT molecular complexity index is 484. The molecule has 0 radical (unpaired) electrons. The highest BCUT2D eigenvalue weighted by atomic mass is 16.4. The SMILES string of the molecule is CCn1cncc1-c1c[nH]cc1C(=O)O. The topological polar surface area (TPSA) is 70.9 Å². The molecule has 0 unspecified atom stereocenters. The van der Waals surface area contributed by atoms with Crippen LogP contribution in [0.1, 0.15) is 17.3 Å². The van der Waals surface area contributed by atoms with Gasteiger partial charge in [0.25, 0.3) is 0 Å². The average molecular weight is 205 g/mol. The molecule has 15 heavy (non-hydrogen) atoms. The van der Waals surface area contributed by atoms with Gasteiger partial charge in [-0.05, 0) is 6.92 Å². The largest absolute Gasteiger partial charge is 0.478 e. The lowest BCUT2D eigenvalue weighted by atomic mass is 10.1. The highest BCUT2D eigenvalue weighted by Gasteiger charge is 2.15. The zero-order chi connectivity index (χ0) is 10.8. The van der Waals surface area contributed by atoms with Gasteiger partial charge in [0.15, 0.2) is 0 Å². The zero-order valence-electron chi connectivity index (χ0n) is 8.27. The lowest BCUT2D eigenvalue weighted by molar-refractivity contribution is 0.0698. The van der Waals surface area contributed by atoms with E-state index >= 15 is 0 Å². The molecule has 0 saturated carbocycles. The molecule has 0 atom stereocenters. The molecule has 0 fully saturated rings. The Morgan fingerprint density at radius 1 is 1.60 bits per heavy atom. The smallest absolute Gasteiger partial charge is 0.337 e. The van der Waals surface area contributed by atoms with Crippen LogP contribution in [0.2, 0.25) is 0 Å². The standard InChI is InChI=1S/C10H11N3O2/c1-2-13-6-12-5-9(13)7-3-11-4-8(7)10(14)15/h3-6,11H,2H2,1H3,(H,14,15). The molecule has 2 heterocycles. The summed E-state index contributed by atoms with van der Waals surface area (Å²) in [7, 11) is 0. The van der Waals surface area contributed by atoms with E-state index < -0.39 is 5.97 Å². The van der Waals surface area contributed by atoms with Crippen molar-refractivity contribution in [3.63, 3.8) is 0 Å². The summed E-state index contributed by atoms with van der Waals surface area (Å²) >= 11 is 0. The second kappa shape index (κ2) is 3.61. The van der Waals surface area contributed by atoms with Crippen LogP contribution in [0.3, 0.4) is 0 Å². The average Bonchev–Trinajstić information content (AvgIpc) is 2.85. The summed E-state index contributed by atoms with van der Waals surface area (Å²) in [4.78, 5) is 17.7. The fourth-order valence-corrected chi connectivity index (χ4v) is 1.55. The molecule has 0 aromatic carbocycles. The van der Waals surface area contributed by atoms with Gasteiger partial charge in [-0.3, -0.25) is 0 Å². The van der Waals surface area contributed by atoms with Crippen molar-refractivity contribution < 1.29 is 9.90 Å². The number of carbonyl (C=O) groups is 1. The van der Waals surface area contributed by atoms with Crippen molar-refractivity contribution in [3.8, 4) is 11.3 Å². The van der Waals surface area contributed by atoms with Crippen LogP contribution in [0.25, 0.3) is 11.3 Å². The molecule has 2 aromatic rings. The van der Waals surface area contributed by atoms with Crippen LogP contribution < -0.4 is 0 Å². The van der Waals surface area contributed by atoms with Gasteiger partial charge in [-0.1, -0.05) is 0 Å². The van der Waals surface area contributed by atoms with Crippen molar-refractivity contribution in [3.05, 3.63) is 30.5 Å². The monoisotopic (exact) mass is 205 g/mol. The first-order valence-corrected chi connectivity index (χ1v) is 4.64. The van der Waals surface area contributed by atoms with E-state index in [2.05, 4.69) is 9.97 Å². The van der Waals surface area contributed by atoms with Crippen LogP contribution in [0.15, 0.2) is 24.9 Å². The second-order valence-electron chi connectivity index (χ2n) is 3.15. The molecule has 0 saturated heterocycles. The van der Waals surface area contributed by atoms with Gasteiger partial charge >= 0.3 is 5.97 Å². The molecular formula is C10H11N3O2. The number of hydrogen-bond donors (Lipinski definition) is 2. The number of aromatic amines is 1. The van der Waals surface area contributed by atoms with Gasteiger partial charge in [0.2, 0.25) is 0 Å². The van der Waals surface area contributed by atoms with E-state index in [1.54, 1.807) is 18.7 Å². The Hall–Kier alpha value is -2.04. The Balaban J connectivity index is 2.54. The van der Waals surface area contributed by atoms with E-state index in [9.17, 15) is 4.79 Å². The molecule has 2 N–H and O–H groups in total. The van der Waals surface area contributed by atoms with Crippen LogP contribution in [0.5, 0.6) is 0 Å². The number of rotatable bonds is 3. The molecular weight excluding hydrogens is 194 g/mol. The van der Waals surface area contributed by atoms with Gasteiger partial charge in [0.1, 0.15) is 0 Å². The predicted octanol–water partition coefficient (Wildman–Crippen LogP) is 1.60. The van der Waals surface area contributed by atoms with Crippen molar-refractivity contribution in [2.24, 2.45) is 0 Å². The number of aromatic carboxylic acids is 1. The molecule has 0 spiro atoms. The van der Waals surface area contributed by atoms with Gasteiger partial charge in [-0.15, -0.1) is 0 Å². The molecule has 0 bridgehead atoms. The van der Waals surface area contributed by atoms with Crippen LogP contribution >= 0.6 is 0 Å². The number of nitrogens with one attached hydrogen (secondary N) is 1. The van der Waals surface area contributed by atoms with E-state index in [4.69, 9.17) is 5.11 Å². The summed E-state index contributed by atoms with van der Waals surface area (Å²) in [6.07, 6.45) is 6.50. The first-order valence-electron chi connectivity index (χ1n) is 4.64. The maximum absolute atomic E-state index is 10.9. The van der Waals surface area contributed by atoms with E-state index in [1.807, 2.05) is 11.5 Å². The van der Waals surface area contributed by atoms with E-state index in [0.29, 0.717) is 5.56 Å². The molecule has 78 valence electrons. The zero-order valence-corrected chi connectivity index (χ0v) is 8.27. The lowest BCUT2D eigenvalue weighted by Crippen LogP contribution is -2.00. The molecule has 5 heteroatoms. The molecule has 0 aliphatic rings. The molecule has 0 aliphatic carbocycles. The van der Waals surface area contributed by atoms with E-state index in [0.717, 1.165) is 12.2 Å². The first kappa shape index (κ1) is 9.51. The number of aryl methyl sites for hydroxylation is 1. The van der Waals surface area contributed by atoms with Gasteiger partial charge in [0, 0.05) is 24.5 Å². The fraction of sp³-hybridized carbons (Fsp3) is 0.200. The predicted molar refractivity (Wildman–Crippen MR) is 54.6 cm³/mol. The molecule has 0 aliphatic heterocycles. The summed E-state index contributed by atoms with van der Waals surface area (Å²) in [6, 6.07) is 0. The third-order valence-corrected chi connectivity index (χ3v) is 2.30. The van der Waals surface area contributed by atoms with E-state index in [1.165, 1.54) is 6.20 Å². The van der Waals surface area contributed by atoms with Crippen molar-refractivity contribution in [1.82, 2.24) is 14.5 Å². The summed E-state index contributed by atoms with van der Waals surface area (Å²) in [6.45, 7) is 2.75. The van der Waals surface area contributed by atoms with Crippen LogP contribution in [0.4, 0.5) is 0 Å². The van der Waals surface area contributed by atoms with Gasteiger partial charge in [-0.25, -0.2) is 9.78 Å². The molecule has 2 rings (SSSR count). The second-order valence-corrected chi connectivity index (χ2v) is 3.15. The minimum absolute atomic E-state index is 0.269. The van der Waals surface area contributed by atoms with Gasteiger partial charge in [-0.2, -0.15) is 0 Å². The number of hydrogen-bond acceptors (Lipinski definition) is 2. The minimum Gasteiger partial charge on any atom is -0.478 e. The number of aromatic nitrogens is 3. The fourth-order valence-electron chi connectivity index (χ4n) is 1.55. The summed E-state index contributed by atoms with van der Waals surface area (Å²) < 4.78 is 1.90. The quantitative estimate of drug-likeness (QED) is 0.799. The number of H-pyrrole nitrogens is 1. The molecule has 0 amide bonds. The summed E-state index contributed by atoms with van der Waals surface area (Å²) in [5, 5.41) is 8.97. The van der Waals surface area contributed by atoms with Gasteiger partial charge < -0.3 is 14.7 Å². The minimum atomic E-state index is -0.935. The van der Waals surface area contributed by atoms with Crippen molar-refractivity contribution in [1.29, 1.82) is 0 Å². The number of nitrogens with zero attached hydrogens (tertiary/aromatic N) is 2. The van der Waals surface area contributed by atoms with Crippen LogP contribution in [0, 0.1) is 0 Å². The number of carboxylic acid groups (broad SMARTS) is 1. The third kappa shape index (κ3) is 1.52.